The normalized spacial score (nSPS) is 22.6. The summed E-state index contributed by atoms with van der Waals surface area (Å²) in [5.74, 6) is 1.16. The van der Waals surface area contributed by atoms with Gasteiger partial charge in [-0.1, -0.05) is 0 Å². The number of aryl methyl sites for hydroxylation is 1. The third-order valence-electron chi connectivity index (χ3n) is 3.53. The van der Waals surface area contributed by atoms with Gasteiger partial charge < -0.3 is 0 Å². The fraction of sp³-hybridized carbons (Fsp3) is 0.727. The largest absolute Gasteiger partial charge is 0.307 e. The Labute approximate surface area is 113 Å². The standard InChI is InChI=1S/C11H17N3O3S2/c1-14-11(8-10(12-14)9-4-5-9)19(16,17)13-18(15)6-2-3-7-18/h8-9H,2-7H2,1H3. The first-order chi connectivity index (χ1) is 8.90. The lowest BCUT2D eigenvalue weighted by Gasteiger charge is -2.02. The van der Waals surface area contributed by atoms with Crippen LogP contribution in [0.4, 0.5) is 0 Å². The van der Waals surface area contributed by atoms with Crippen LogP contribution in [0.2, 0.25) is 0 Å². The van der Waals surface area contributed by atoms with E-state index in [1.165, 1.54) is 4.68 Å². The molecule has 1 aromatic rings. The van der Waals surface area contributed by atoms with E-state index in [-0.39, 0.29) is 5.03 Å². The van der Waals surface area contributed by atoms with Crippen LogP contribution in [0.1, 0.15) is 37.3 Å². The van der Waals surface area contributed by atoms with E-state index in [2.05, 4.69) is 8.87 Å². The number of aromatic nitrogens is 2. The molecule has 2 heterocycles. The van der Waals surface area contributed by atoms with Gasteiger partial charge in [-0.3, -0.25) is 4.68 Å². The average Bonchev–Trinajstić information content (AvgIpc) is 2.96. The first kappa shape index (κ1) is 13.1. The van der Waals surface area contributed by atoms with Crippen molar-refractivity contribution in [2.24, 2.45) is 10.8 Å². The Bertz CT molecular complexity index is 710. The van der Waals surface area contributed by atoms with Gasteiger partial charge in [0, 0.05) is 30.5 Å². The Morgan fingerprint density at radius 1 is 1.37 bits per heavy atom. The fourth-order valence-electron chi connectivity index (χ4n) is 2.34. The topological polar surface area (TPSA) is 81.4 Å². The highest BCUT2D eigenvalue weighted by atomic mass is 32.3. The summed E-state index contributed by atoms with van der Waals surface area (Å²) in [7, 11) is -4.85. The molecule has 0 bridgehead atoms. The maximum Gasteiger partial charge on any atom is 0.307 e. The van der Waals surface area contributed by atoms with E-state index in [1.54, 1.807) is 13.1 Å². The molecule has 8 heteroatoms. The molecule has 106 valence electrons. The lowest BCUT2D eigenvalue weighted by Crippen LogP contribution is -2.10. The van der Waals surface area contributed by atoms with Crippen molar-refractivity contribution in [2.45, 2.75) is 36.6 Å². The molecule has 0 radical (unpaired) electrons. The smallest absolute Gasteiger partial charge is 0.255 e. The summed E-state index contributed by atoms with van der Waals surface area (Å²) in [6.45, 7) is 0. The number of sulfonamides is 1. The summed E-state index contributed by atoms with van der Waals surface area (Å²) in [4.78, 5) is 0. The van der Waals surface area contributed by atoms with Crippen molar-refractivity contribution in [2.75, 3.05) is 11.5 Å². The molecule has 1 saturated heterocycles. The maximum atomic E-state index is 12.3. The lowest BCUT2D eigenvalue weighted by atomic mass is 10.3. The van der Waals surface area contributed by atoms with Gasteiger partial charge in [-0.2, -0.15) is 13.5 Å². The van der Waals surface area contributed by atoms with E-state index in [0.29, 0.717) is 17.4 Å². The molecule has 1 aliphatic carbocycles. The zero-order valence-corrected chi connectivity index (χ0v) is 12.4. The van der Waals surface area contributed by atoms with E-state index in [1.807, 2.05) is 0 Å². The number of nitrogens with zero attached hydrogens (tertiary/aromatic N) is 3. The van der Waals surface area contributed by atoms with E-state index in [0.717, 1.165) is 31.4 Å². The van der Waals surface area contributed by atoms with Crippen LogP contribution >= 0.6 is 0 Å². The second kappa shape index (κ2) is 4.31. The highest BCUT2D eigenvalue weighted by Crippen LogP contribution is 2.39. The van der Waals surface area contributed by atoms with E-state index in [9.17, 15) is 12.6 Å². The summed E-state index contributed by atoms with van der Waals surface area (Å²) in [6.07, 6.45) is 3.70. The van der Waals surface area contributed by atoms with Crippen molar-refractivity contribution in [1.82, 2.24) is 9.78 Å². The van der Waals surface area contributed by atoms with Crippen molar-refractivity contribution in [3.05, 3.63) is 11.8 Å². The highest BCUT2D eigenvalue weighted by molar-refractivity contribution is 8.03. The zero-order valence-electron chi connectivity index (χ0n) is 10.8. The first-order valence-electron chi connectivity index (χ1n) is 6.42. The highest BCUT2D eigenvalue weighted by Gasteiger charge is 2.30. The van der Waals surface area contributed by atoms with Crippen LogP contribution in [-0.2, 0) is 26.8 Å². The first-order valence-corrected chi connectivity index (χ1v) is 9.72. The van der Waals surface area contributed by atoms with Gasteiger partial charge in [-0.05, 0) is 25.7 Å². The molecule has 3 rings (SSSR count). The Kier molecular flexibility index (Phi) is 2.97. The monoisotopic (exact) mass is 303 g/mol. The summed E-state index contributed by atoms with van der Waals surface area (Å²) in [5.41, 5.74) is 0.803. The zero-order chi connectivity index (χ0) is 13.7. The van der Waals surface area contributed by atoms with Crippen molar-refractivity contribution in [3.63, 3.8) is 0 Å². The van der Waals surface area contributed by atoms with Crippen molar-refractivity contribution < 1.29 is 12.6 Å². The van der Waals surface area contributed by atoms with E-state index >= 15 is 0 Å². The molecular weight excluding hydrogens is 286 g/mol. The summed E-state index contributed by atoms with van der Waals surface area (Å²) in [6, 6.07) is 1.58. The van der Waals surface area contributed by atoms with Crippen LogP contribution < -0.4 is 0 Å². The maximum absolute atomic E-state index is 12.3. The Morgan fingerprint density at radius 2 is 2.00 bits per heavy atom. The molecule has 19 heavy (non-hydrogen) atoms. The van der Waals surface area contributed by atoms with Crippen molar-refractivity contribution in [3.8, 4) is 0 Å². The third kappa shape index (κ3) is 2.55. The van der Waals surface area contributed by atoms with Crippen LogP contribution in [0.15, 0.2) is 14.9 Å². The SMILES string of the molecule is Cn1nc(C2CC2)cc1S(=O)(=O)N=S1(=O)CCCC1. The van der Waals surface area contributed by atoms with Crippen molar-refractivity contribution >= 4 is 19.8 Å². The predicted octanol–water partition coefficient (Wildman–Crippen LogP) is 1.25. The van der Waals surface area contributed by atoms with Crippen LogP contribution in [0.25, 0.3) is 0 Å². The molecular formula is C11H17N3O3S2. The Balaban J connectivity index is 2.02. The molecule has 1 saturated carbocycles. The summed E-state index contributed by atoms with van der Waals surface area (Å²) in [5, 5.41) is 4.28. The van der Waals surface area contributed by atoms with Crippen LogP contribution in [0.5, 0.6) is 0 Å². The van der Waals surface area contributed by atoms with Gasteiger partial charge in [0.2, 0.25) is 0 Å². The molecule has 1 aliphatic heterocycles. The minimum Gasteiger partial charge on any atom is -0.255 e. The average molecular weight is 303 g/mol. The molecule has 1 aromatic heterocycles. The van der Waals surface area contributed by atoms with Gasteiger partial charge in [0.15, 0.2) is 5.03 Å². The summed E-state index contributed by atoms with van der Waals surface area (Å²) >= 11 is 0. The second-order valence-electron chi connectivity index (χ2n) is 5.24. The van der Waals surface area contributed by atoms with Crippen LogP contribution in [0.3, 0.4) is 0 Å². The van der Waals surface area contributed by atoms with Crippen molar-refractivity contribution in [1.29, 1.82) is 0 Å². The minimum absolute atomic E-state index is 0.0593. The lowest BCUT2D eigenvalue weighted by molar-refractivity contribution is 0.578. The molecule has 2 fully saturated rings. The van der Waals surface area contributed by atoms with Crippen LogP contribution in [0, 0.1) is 0 Å². The van der Waals surface area contributed by atoms with Gasteiger partial charge in [0.05, 0.1) is 15.4 Å². The van der Waals surface area contributed by atoms with Gasteiger partial charge in [-0.15, -0.1) is 3.77 Å². The molecule has 2 aliphatic rings. The van der Waals surface area contributed by atoms with Gasteiger partial charge in [0.25, 0.3) is 0 Å². The summed E-state index contributed by atoms with van der Waals surface area (Å²) < 4.78 is 41.8. The quantitative estimate of drug-likeness (QED) is 0.841. The minimum atomic E-state index is -3.87. The Hall–Kier alpha value is -0.890. The third-order valence-corrected chi connectivity index (χ3v) is 8.16. The number of hydrogen-bond donors (Lipinski definition) is 0. The molecule has 0 unspecified atom stereocenters. The molecule has 0 spiro atoms. The molecule has 6 nitrogen and oxygen atoms in total. The predicted molar refractivity (Wildman–Crippen MR) is 71.9 cm³/mol. The molecule has 0 aromatic carbocycles. The van der Waals surface area contributed by atoms with Crippen LogP contribution in [-0.4, -0.2) is 33.9 Å². The Morgan fingerprint density at radius 3 is 2.58 bits per heavy atom. The van der Waals surface area contributed by atoms with E-state index < -0.39 is 19.8 Å². The van der Waals surface area contributed by atoms with Gasteiger partial charge >= 0.3 is 10.0 Å². The molecule has 0 atom stereocenters. The van der Waals surface area contributed by atoms with E-state index in [4.69, 9.17) is 0 Å². The molecule has 0 N–H and O–H groups in total. The molecule has 0 amide bonds. The van der Waals surface area contributed by atoms with Gasteiger partial charge in [-0.25, -0.2) is 4.21 Å². The van der Waals surface area contributed by atoms with Gasteiger partial charge in [0.1, 0.15) is 0 Å². The number of rotatable bonds is 3. The number of hydrogen-bond acceptors (Lipinski definition) is 4. The fourth-order valence-corrected chi connectivity index (χ4v) is 6.83. The second-order valence-corrected chi connectivity index (χ2v) is 9.57.